The summed E-state index contributed by atoms with van der Waals surface area (Å²) < 4.78 is 39.7. The van der Waals surface area contributed by atoms with Crippen LogP contribution in [0.15, 0.2) is 42.5 Å². The van der Waals surface area contributed by atoms with E-state index in [9.17, 15) is 23.1 Å². The minimum Gasteiger partial charge on any atom is -0.508 e. The summed E-state index contributed by atoms with van der Waals surface area (Å²) in [5, 5.41) is 11.6. The Morgan fingerprint density at radius 1 is 1.08 bits per heavy atom. The lowest BCUT2D eigenvalue weighted by Crippen LogP contribution is -2.36. The number of benzene rings is 2. The van der Waals surface area contributed by atoms with Crippen LogP contribution in [0.2, 0.25) is 0 Å². The van der Waals surface area contributed by atoms with E-state index >= 15 is 0 Å². The first-order valence-electron chi connectivity index (χ1n) is 8.08. The Kier molecular flexibility index (Phi) is 5.27. The summed E-state index contributed by atoms with van der Waals surface area (Å²) >= 11 is 0. The van der Waals surface area contributed by atoms with E-state index in [1.165, 1.54) is 0 Å². The number of carbonyl (C=O) groups excluding carboxylic acids is 1. The first-order valence-corrected chi connectivity index (χ1v) is 8.08. The van der Waals surface area contributed by atoms with Gasteiger partial charge in [-0.25, -0.2) is 13.2 Å². The molecule has 136 valence electrons. The maximum absolute atomic E-state index is 13.6. The molecule has 4 nitrogen and oxygen atoms in total. The van der Waals surface area contributed by atoms with Crippen molar-refractivity contribution in [2.45, 2.75) is 6.42 Å². The fourth-order valence-electron chi connectivity index (χ4n) is 2.81. The van der Waals surface area contributed by atoms with E-state index in [1.807, 2.05) is 23.1 Å². The van der Waals surface area contributed by atoms with Gasteiger partial charge in [-0.2, -0.15) is 0 Å². The molecule has 3 rings (SSSR count). The third-order valence-corrected chi connectivity index (χ3v) is 4.21. The Morgan fingerprint density at radius 2 is 1.81 bits per heavy atom. The molecule has 2 aromatic carbocycles. The molecule has 0 saturated carbocycles. The Balaban J connectivity index is 1.58. The summed E-state index contributed by atoms with van der Waals surface area (Å²) in [4.78, 5) is 13.9. The summed E-state index contributed by atoms with van der Waals surface area (Å²) in [6.07, 6.45) is 2.71. The highest BCUT2D eigenvalue weighted by Gasteiger charge is 2.18. The van der Waals surface area contributed by atoms with Crippen LogP contribution in [0.1, 0.15) is 12.0 Å². The van der Waals surface area contributed by atoms with Gasteiger partial charge in [-0.05, 0) is 41.8 Å². The minimum atomic E-state index is -1.61. The van der Waals surface area contributed by atoms with E-state index in [0.717, 1.165) is 29.7 Å². The molecule has 1 heterocycles. The zero-order chi connectivity index (χ0) is 18.7. The number of rotatable bonds is 4. The second kappa shape index (κ2) is 7.61. The molecule has 0 aromatic heterocycles. The molecule has 1 amide bonds. The number of nitrogens with zero attached hydrogens (tertiary/aromatic N) is 1. The molecule has 2 aromatic rings. The van der Waals surface area contributed by atoms with Gasteiger partial charge in [0.25, 0.3) is 0 Å². The molecule has 0 atom stereocenters. The molecule has 7 heteroatoms. The predicted octanol–water partition coefficient (Wildman–Crippen LogP) is 3.54. The highest BCUT2D eigenvalue weighted by Crippen LogP contribution is 2.24. The highest BCUT2D eigenvalue weighted by atomic mass is 19.2. The lowest BCUT2D eigenvalue weighted by atomic mass is 9.99. The standard InChI is InChI=1S/C19H17F3N2O2/c20-15-5-6-16(19(22)18(15)21)23-17(26)11-24-9-7-13(8-10-24)12-1-3-14(25)4-2-12/h1-7,25H,8-11H2,(H,23,26). The van der Waals surface area contributed by atoms with Gasteiger partial charge >= 0.3 is 0 Å². The normalized spacial score (nSPS) is 14.8. The first kappa shape index (κ1) is 18.0. The summed E-state index contributed by atoms with van der Waals surface area (Å²) in [5.41, 5.74) is 1.75. The molecule has 2 N–H and O–H groups in total. The van der Waals surface area contributed by atoms with Gasteiger partial charge in [0.1, 0.15) is 5.75 Å². The Morgan fingerprint density at radius 3 is 2.46 bits per heavy atom. The van der Waals surface area contributed by atoms with Crippen LogP contribution < -0.4 is 5.32 Å². The third kappa shape index (κ3) is 4.05. The molecule has 0 aliphatic carbocycles. The van der Waals surface area contributed by atoms with Gasteiger partial charge in [-0.15, -0.1) is 0 Å². The van der Waals surface area contributed by atoms with E-state index < -0.39 is 23.4 Å². The number of anilines is 1. The smallest absolute Gasteiger partial charge is 0.238 e. The zero-order valence-electron chi connectivity index (χ0n) is 13.8. The minimum absolute atomic E-state index is 0.0117. The van der Waals surface area contributed by atoms with Crippen molar-refractivity contribution in [3.8, 4) is 5.75 Å². The summed E-state index contributed by atoms with van der Waals surface area (Å²) in [6, 6.07) is 8.65. The van der Waals surface area contributed by atoms with Crippen LogP contribution in [0.3, 0.4) is 0 Å². The Labute approximate surface area is 148 Å². The van der Waals surface area contributed by atoms with Crippen molar-refractivity contribution in [2.24, 2.45) is 0 Å². The number of hydrogen-bond donors (Lipinski definition) is 2. The third-order valence-electron chi connectivity index (χ3n) is 4.21. The lowest BCUT2D eigenvalue weighted by molar-refractivity contribution is -0.117. The molecule has 1 aliphatic rings. The molecule has 26 heavy (non-hydrogen) atoms. The van der Waals surface area contributed by atoms with E-state index in [2.05, 4.69) is 5.32 Å². The van der Waals surface area contributed by atoms with Gasteiger partial charge in [-0.1, -0.05) is 18.2 Å². The van der Waals surface area contributed by atoms with E-state index in [4.69, 9.17) is 0 Å². The van der Waals surface area contributed by atoms with Gasteiger partial charge < -0.3 is 10.4 Å². The molecule has 1 aliphatic heterocycles. The molecule has 0 spiro atoms. The number of aromatic hydroxyl groups is 1. The summed E-state index contributed by atoms with van der Waals surface area (Å²) in [7, 11) is 0. The van der Waals surface area contributed by atoms with Gasteiger partial charge in [0.2, 0.25) is 5.91 Å². The van der Waals surface area contributed by atoms with Crippen LogP contribution >= 0.6 is 0 Å². The zero-order valence-corrected chi connectivity index (χ0v) is 13.8. The van der Waals surface area contributed by atoms with Crippen molar-refractivity contribution in [3.05, 3.63) is 65.5 Å². The van der Waals surface area contributed by atoms with Crippen LogP contribution in [0, 0.1) is 17.5 Å². The van der Waals surface area contributed by atoms with Gasteiger partial charge in [0.15, 0.2) is 17.5 Å². The number of amides is 1. The second-order valence-electron chi connectivity index (χ2n) is 6.03. The van der Waals surface area contributed by atoms with E-state index in [0.29, 0.717) is 13.1 Å². The van der Waals surface area contributed by atoms with Crippen molar-refractivity contribution in [1.82, 2.24) is 4.90 Å². The molecular formula is C19H17F3N2O2. The second-order valence-corrected chi connectivity index (χ2v) is 6.03. The fourth-order valence-corrected chi connectivity index (χ4v) is 2.81. The van der Waals surface area contributed by atoms with Crippen LogP contribution in [0.5, 0.6) is 5.75 Å². The number of nitrogens with one attached hydrogen (secondary N) is 1. The van der Waals surface area contributed by atoms with Crippen molar-refractivity contribution >= 4 is 17.2 Å². The van der Waals surface area contributed by atoms with Gasteiger partial charge in [-0.3, -0.25) is 9.69 Å². The number of hydrogen-bond acceptors (Lipinski definition) is 3. The largest absolute Gasteiger partial charge is 0.508 e. The van der Waals surface area contributed by atoms with Crippen molar-refractivity contribution in [1.29, 1.82) is 0 Å². The molecule has 0 radical (unpaired) electrons. The molecular weight excluding hydrogens is 345 g/mol. The first-order chi connectivity index (χ1) is 12.4. The maximum atomic E-state index is 13.6. The number of phenolic OH excluding ortho intramolecular Hbond substituents is 1. The maximum Gasteiger partial charge on any atom is 0.238 e. The van der Waals surface area contributed by atoms with Crippen LogP contribution in [0.4, 0.5) is 18.9 Å². The van der Waals surface area contributed by atoms with Crippen LogP contribution in [0.25, 0.3) is 5.57 Å². The SMILES string of the molecule is O=C(CN1CC=C(c2ccc(O)cc2)CC1)Nc1ccc(F)c(F)c1F. The summed E-state index contributed by atoms with van der Waals surface area (Å²) in [6.45, 7) is 1.17. The molecule has 0 saturated heterocycles. The Bertz CT molecular complexity index is 851. The van der Waals surface area contributed by atoms with Crippen molar-refractivity contribution in [2.75, 3.05) is 25.0 Å². The quantitative estimate of drug-likeness (QED) is 0.818. The molecule has 0 fully saturated rings. The van der Waals surface area contributed by atoms with Crippen molar-refractivity contribution < 1.29 is 23.1 Å². The van der Waals surface area contributed by atoms with Gasteiger partial charge in [0, 0.05) is 13.1 Å². The predicted molar refractivity (Wildman–Crippen MR) is 92.1 cm³/mol. The van der Waals surface area contributed by atoms with E-state index in [-0.39, 0.29) is 18.0 Å². The fraction of sp³-hybridized carbons (Fsp3) is 0.211. The van der Waals surface area contributed by atoms with Crippen molar-refractivity contribution in [3.63, 3.8) is 0 Å². The molecule has 0 bridgehead atoms. The molecule has 0 unspecified atom stereocenters. The highest BCUT2D eigenvalue weighted by molar-refractivity contribution is 5.92. The Hall–Kier alpha value is -2.80. The topological polar surface area (TPSA) is 52.6 Å². The van der Waals surface area contributed by atoms with E-state index in [1.54, 1.807) is 12.1 Å². The average molecular weight is 362 g/mol. The number of phenols is 1. The van der Waals surface area contributed by atoms with Crippen LogP contribution in [-0.2, 0) is 4.79 Å². The monoisotopic (exact) mass is 362 g/mol. The average Bonchev–Trinajstić information content (AvgIpc) is 2.64. The van der Waals surface area contributed by atoms with Gasteiger partial charge in [0.05, 0.1) is 12.2 Å². The van der Waals surface area contributed by atoms with Crippen LogP contribution in [-0.4, -0.2) is 35.5 Å². The number of carbonyl (C=O) groups is 1. The lowest BCUT2D eigenvalue weighted by Gasteiger charge is -2.26. The summed E-state index contributed by atoms with van der Waals surface area (Å²) in [5.74, 6) is -4.62. The number of halogens is 3.